The number of ether oxygens (including phenoxy) is 2. The highest BCUT2D eigenvalue weighted by Gasteiger charge is 2.20. The lowest BCUT2D eigenvalue weighted by atomic mass is 10.0. The normalized spacial score (nSPS) is 26.1. The van der Waals surface area contributed by atoms with Crippen molar-refractivity contribution in [2.45, 2.75) is 32.7 Å². The number of nitrogens with one attached hydrogen (secondary N) is 1. The van der Waals surface area contributed by atoms with Crippen LogP contribution in [0.15, 0.2) is 18.2 Å². The summed E-state index contributed by atoms with van der Waals surface area (Å²) in [5.74, 6) is 2.41. The quantitative estimate of drug-likeness (QED) is 0.908. The minimum absolute atomic E-state index is 0.632. The van der Waals surface area contributed by atoms with Crippen molar-refractivity contribution in [3.05, 3.63) is 18.2 Å². The van der Waals surface area contributed by atoms with E-state index in [1.165, 1.54) is 18.5 Å². The second-order valence-electron chi connectivity index (χ2n) is 6.18. The highest BCUT2D eigenvalue weighted by molar-refractivity contribution is 5.57. The molecule has 0 amide bonds. The van der Waals surface area contributed by atoms with Crippen LogP contribution in [-0.2, 0) is 0 Å². The first-order chi connectivity index (χ1) is 10.3. The first-order valence-electron chi connectivity index (χ1n) is 8.14. The van der Waals surface area contributed by atoms with Crippen LogP contribution in [0.2, 0.25) is 0 Å². The maximum absolute atomic E-state index is 5.72. The third-order valence-corrected chi connectivity index (χ3v) is 4.42. The molecule has 0 bridgehead atoms. The maximum atomic E-state index is 5.72. The number of hydrogen-bond donors (Lipinski definition) is 1. The molecule has 0 saturated carbocycles. The Labute approximate surface area is 127 Å². The van der Waals surface area contributed by atoms with Crippen LogP contribution in [0.4, 0.5) is 5.69 Å². The van der Waals surface area contributed by atoms with Gasteiger partial charge in [-0.25, -0.2) is 0 Å². The van der Waals surface area contributed by atoms with Gasteiger partial charge in [-0.05, 0) is 37.4 Å². The van der Waals surface area contributed by atoms with Gasteiger partial charge in [-0.15, -0.1) is 0 Å². The van der Waals surface area contributed by atoms with Gasteiger partial charge < -0.3 is 19.7 Å². The highest BCUT2D eigenvalue weighted by Crippen LogP contribution is 2.34. The van der Waals surface area contributed by atoms with Crippen molar-refractivity contribution >= 4 is 5.69 Å². The molecular weight excluding hydrogens is 264 g/mol. The molecule has 4 nitrogen and oxygen atoms in total. The number of anilines is 1. The van der Waals surface area contributed by atoms with Gasteiger partial charge in [-0.1, -0.05) is 13.8 Å². The number of nitrogens with zero attached hydrogens (tertiary/aromatic N) is 1. The molecule has 21 heavy (non-hydrogen) atoms. The van der Waals surface area contributed by atoms with E-state index in [2.05, 4.69) is 36.2 Å². The fraction of sp³-hybridized carbons (Fsp3) is 0.647. The van der Waals surface area contributed by atoms with E-state index in [-0.39, 0.29) is 0 Å². The van der Waals surface area contributed by atoms with E-state index in [4.69, 9.17) is 9.47 Å². The van der Waals surface area contributed by atoms with Crippen molar-refractivity contribution in [2.24, 2.45) is 5.92 Å². The fourth-order valence-electron chi connectivity index (χ4n) is 3.13. The molecule has 1 aromatic carbocycles. The largest absolute Gasteiger partial charge is 0.486 e. The molecule has 2 aliphatic rings. The van der Waals surface area contributed by atoms with Crippen LogP contribution in [0.5, 0.6) is 11.5 Å². The molecular formula is C17H26N2O2. The lowest BCUT2D eigenvalue weighted by Crippen LogP contribution is -2.43. The SMILES string of the molecule is CCC1CCN(c2ccc3c(c2)OCCO3)CC(C)CN1. The Morgan fingerprint density at radius 1 is 1.24 bits per heavy atom. The Kier molecular flexibility index (Phi) is 4.54. The number of rotatable bonds is 2. The molecule has 0 spiro atoms. The summed E-state index contributed by atoms with van der Waals surface area (Å²) in [4.78, 5) is 2.49. The third-order valence-electron chi connectivity index (χ3n) is 4.42. The summed E-state index contributed by atoms with van der Waals surface area (Å²) in [5, 5.41) is 3.67. The van der Waals surface area contributed by atoms with Gasteiger partial charge in [0, 0.05) is 30.9 Å². The van der Waals surface area contributed by atoms with Crippen LogP contribution in [0.1, 0.15) is 26.7 Å². The van der Waals surface area contributed by atoms with Crippen LogP contribution in [0.25, 0.3) is 0 Å². The number of fused-ring (bicyclic) bond motifs is 1. The lowest BCUT2D eigenvalue weighted by molar-refractivity contribution is 0.171. The fourth-order valence-corrected chi connectivity index (χ4v) is 3.13. The molecule has 1 saturated heterocycles. The maximum Gasteiger partial charge on any atom is 0.163 e. The molecule has 116 valence electrons. The first-order valence-corrected chi connectivity index (χ1v) is 8.14. The molecule has 2 unspecified atom stereocenters. The predicted molar refractivity (Wildman–Crippen MR) is 85.5 cm³/mol. The van der Waals surface area contributed by atoms with Gasteiger partial charge in [0.2, 0.25) is 0 Å². The summed E-state index contributed by atoms with van der Waals surface area (Å²) in [7, 11) is 0. The summed E-state index contributed by atoms with van der Waals surface area (Å²) >= 11 is 0. The minimum Gasteiger partial charge on any atom is -0.486 e. The van der Waals surface area contributed by atoms with Crippen molar-refractivity contribution < 1.29 is 9.47 Å². The van der Waals surface area contributed by atoms with Gasteiger partial charge in [-0.2, -0.15) is 0 Å². The molecule has 2 heterocycles. The van der Waals surface area contributed by atoms with Crippen LogP contribution < -0.4 is 19.7 Å². The monoisotopic (exact) mass is 290 g/mol. The summed E-state index contributed by atoms with van der Waals surface area (Å²) in [6.07, 6.45) is 2.39. The van der Waals surface area contributed by atoms with Crippen molar-refractivity contribution in [3.8, 4) is 11.5 Å². The van der Waals surface area contributed by atoms with E-state index in [0.717, 1.165) is 31.1 Å². The van der Waals surface area contributed by atoms with Crippen molar-refractivity contribution in [1.29, 1.82) is 0 Å². The predicted octanol–water partition coefficient (Wildman–Crippen LogP) is 2.67. The zero-order valence-electron chi connectivity index (χ0n) is 13.1. The second kappa shape index (κ2) is 6.56. The van der Waals surface area contributed by atoms with Crippen LogP contribution in [0.3, 0.4) is 0 Å². The van der Waals surface area contributed by atoms with Gasteiger partial charge in [0.1, 0.15) is 13.2 Å². The number of benzene rings is 1. The van der Waals surface area contributed by atoms with Crippen LogP contribution >= 0.6 is 0 Å². The van der Waals surface area contributed by atoms with E-state index >= 15 is 0 Å². The molecule has 0 radical (unpaired) electrons. The van der Waals surface area contributed by atoms with E-state index in [0.29, 0.717) is 25.2 Å². The first kappa shape index (κ1) is 14.5. The molecule has 0 aromatic heterocycles. The lowest BCUT2D eigenvalue weighted by Gasteiger charge is -2.34. The Morgan fingerprint density at radius 3 is 2.86 bits per heavy atom. The average molecular weight is 290 g/mol. The Hall–Kier alpha value is -1.42. The van der Waals surface area contributed by atoms with Gasteiger partial charge in [0.25, 0.3) is 0 Å². The van der Waals surface area contributed by atoms with E-state index in [1.807, 2.05) is 6.07 Å². The topological polar surface area (TPSA) is 33.7 Å². The summed E-state index contributed by atoms with van der Waals surface area (Å²) in [5.41, 5.74) is 1.25. The molecule has 0 aliphatic carbocycles. The van der Waals surface area contributed by atoms with E-state index in [9.17, 15) is 0 Å². The molecule has 3 rings (SSSR count). The smallest absolute Gasteiger partial charge is 0.163 e. The van der Waals surface area contributed by atoms with E-state index in [1.54, 1.807) is 0 Å². The second-order valence-corrected chi connectivity index (χ2v) is 6.18. The Morgan fingerprint density at radius 2 is 2.05 bits per heavy atom. The molecule has 2 aliphatic heterocycles. The van der Waals surface area contributed by atoms with Crippen molar-refractivity contribution in [3.63, 3.8) is 0 Å². The van der Waals surface area contributed by atoms with Gasteiger partial charge in [0.15, 0.2) is 11.5 Å². The molecule has 2 atom stereocenters. The van der Waals surface area contributed by atoms with Gasteiger partial charge >= 0.3 is 0 Å². The molecule has 1 aromatic rings. The van der Waals surface area contributed by atoms with Crippen LogP contribution in [0, 0.1) is 5.92 Å². The summed E-state index contributed by atoms with van der Waals surface area (Å²) in [6, 6.07) is 6.98. The van der Waals surface area contributed by atoms with Crippen LogP contribution in [-0.4, -0.2) is 38.9 Å². The van der Waals surface area contributed by atoms with Gasteiger partial charge in [0.05, 0.1) is 0 Å². The third kappa shape index (κ3) is 3.43. The van der Waals surface area contributed by atoms with Gasteiger partial charge in [-0.3, -0.25) is 0 Å². The van der Waals surface area contributed by atoms with Crippen molar-refractivity contribution in [2.75, 3.05) is 37.7 Å². The van der Waals surface area contributed by atoms with Crippen molar-refractivity contribution in [1.82, 2.24) is 5.32 Å². The molecule has 1 fully saturated rings. The summed E-state index contributed by atoms with van der Waals surface area (Å²) in [6.45, 7) is 9.15. The zero-order chi connectivity index (χ0) is 14.7. The minimum atomic E-state index is 0.632. The number of hydrogen-bond acceptors (Lipinski definition) is 4. The Bertz CT molecular complexity index is 478. The molecule has 4 heteroatoms. The zero-order valence-corrected chi connectivity index (χ0v) is 13.1. The summed E-state index contributed by atoms with van der Waals surface area (Å²) < 4.78 is 11.3. The highest BCUT2D eigenvalue weighted by atomic mass is 16.6. The average Bonchev–Trinajstić information content (AvgIpc) is 2.51. The van der Waals surface area contributed by atoms with E-state index < -0.39 is 0 Å². The standard InChI is InChI=1S/C17H26N2O2/c1-3-14-6-7-19(12-13(2)11-18-14)15-4-5-16-17(10-15)21-9-8-20-16/h4-5,10,13-14,18H,3,6-9,11-12H2,1-2H3. The Balaban J connectivity index is 1.77. The molecule has 1 N–H and O–H groups in total.